The third-order valence-electron chi connectivity index (χ3n) is 2.75. The van der Waals surface area contributed by atoms with Gasteiger partial charge in [-0.1, -0.05) is 0 Å². The molecular formula is C12H11NO5. The summed E-state index contributed by atoms with van der Waals surface area (Å²) in [7, 11) is 0. The average Bonchev–Trinajstić information content (AvgIpc) is 2.30. The normalized spacial score (nSPS) is 15.9. The monoisotopic (exact) mass is 249 g/mol. The topological polar surface area (TPSA) is 94.9 Å². The van der Waals surface area contributed by atoms with Gasteiger partial charge in [-0.2, -0.15) is 0 Å². The lowest BCUT2D eigenvalue weighted by Crippen LogP contribution is -2.40. The van der Waals surface area contributed by atoms with E-state index in [9.17, 15) is 19.5 Å². The third kappa shape index (κ3) is 2.04. The Morgan fingerprint density at radius 1 is 1.17 bits per heavy atom. The Morgan fingerprint density at radius 3 is 2.33 bits per heavy atom. The van der Waals surface area contributed by atoms with Crippen molar-refractivity contribution < 1.29 is 24.6 Å². The van der Waals surface area contributed by atoms with Gasteiger partial charge in [-0.05, 0) is 24.6 Å². The van der Waals surface area contributed by atoms with Gasteiger partial charge in [-0.3, -0.25) is 14.5 Å². The maximum Gasteiger partial charge on any atom is 0.339 e. The van der Waals surface area contributed by atoms with Crippen LogP contribution in [0, 0.1) is 0 Å². The molecule has 0 atom stereocenters. The molecule has 1 aliphatic rings. The van der Waals surface area contributed by atoms with E-state index in [1.54, 1.807) is 0 Å². The first-order valence-corrected chi connectivity index (χ1v) is 5.43. The Bertz CT molecular complexity index is 521. The highest BCUT2D eigenvalue weighted by molar-refractivity contribution is 6.16. The van der Waals surface area contributed by atoms with E-state index < -0.39 is 11.7 Å². The molecule has 0 aromatic heterocycles. The summed E-state index contributed by atoms with van der Waals surface area (Å²) in [4.78, 5) is 35.2. The summed E-state index contributed by atoms with van der Waals surface area (Å²) in [5, 5.41) is 18.2. The zero-order valence-electron chi connectivity index (χ0n) is 9.42. The molecule has 6 heteroatoms. The van der Waals surface area contributed by atoms with E-state index in [1.807, 2.05) is 0 Å². The predicted octanol–water partition coefficient (Wildman–Crippen LogP) is 1.13. The van der Waals surface area contributed by atoms with E-state index in [4.69, 9.17) is 5.11 Å². The third-order valence-corrected chi connectivity index (χ3v) is 2.75. The van der Waals surface area contributed by atoms with Crippen LogP contribution >= 0.6 is 0 Å². The largest absolute Gasteiger partial charge is 0.507 e. The van der Waals surface area contributed by atoms with Crippen LogP contribution in [0.25, 0.3) is 0 Å². The van der Waals surface area contributed by atoms with Gasteiger partial charge in [0.25, 0.3) is 0 Å². The Labute approximate surface area is 102 Å². The zero-order valence-corrected chi connectivity index (χ0v) is 9.42. The summed E-state index contributed by atoms with van der Waals surface area (Å²) in [6.07, 6.45) is 1.03. The quantitative estimate of drug-likeness (QED) is 0.766. The molecule has 2 rings (SSSR count). The molecule has 6 nitrogen and oxygen atoms in total. The van der Waals surface area contributed by atoms with Crippen molar-refractivity contribution in [2.24, 2.45) is 0 Å². The summed E-state index contributed by atoms with van der Waals surface area (Å²) >= 11 is 0. The van der Waals surface area contributed by atoms with Crippen LogP contribution in [0.1, 0.15) is 29.6 Å². The average molecular weight is 249 g/mol. The minimum atomic E-state index is -1.31. The van der Waals surface area contributed by atoms with Crippen molar-refractivity contribution in [1.29, 1.82) is 0 Å². The molecule has 94 valence electrons. The van der Waals surface area contributed by atoms with Gasteiger partial charge in [0.1, 0.15) is 11.3 Å². The number of hydrogen-bond acceptors (Lipinski definition) is 4. The maximum atomic E-state index is 11.7. The van der Waals surface area contributed by atoms with Gasteiger partial charge in [0.2, 0.25) is 11.8 Å². The second-order valence-electron chi connectivity index (χ2n) is 3.98. The number of carbonyl (C=O) groups excluding carboxylic acids is 2. The Balaban J connectivity index is 2.44. The van der Waals surface area contributed by atoms with Crippen molar-refractivity contribution in [1.82, 2.24) is 0 Å². The van der Waals surface area contributed by atoms with E-state index in [1.165, 1.54) is 6.07 Å². The number of carboxylic acids is 1. The number of nitrogens with zero attached hydrogens (tertiary/aromatic N) is 1. The fourth-order valence-corrected chi connectivity index (χ4v) is 1.88. The fraction of sp³-hybridized carbons (Fsp3) is 0.250. The maximum absolute atomic E-state index is 11.7. The van der Waals surface area contributed by atoms with Gasteiger partial charge in [0.15, 0.2) is 0 Å². The summed E-state index contributed by atoms with van der Waals surface area (Å²) in [6.45, 7) is 0. The van der Waals surface area contributed by atoms with Gasteiger partial charge >= 0.3 is 5.97 Å². The number of hydrogen-bond donors (Lipinski definition) is 2. The molecule has 0 spiro atoms. The Morgan fingerprint density at radius 2 is 1.78 bits per heavy atom. The highest BCUT2D eigenvalue weighted by Crippen LogP contribution is 2.27. The lowest BCUT2D eigenvalue weighted by Gasteiger charge is -2.25. The van der Waals surface area contributed by atoms with Gasteiger partial charge in [-0.25, -0.2) is 4.79 Å². The summed E-state index contributed by atoms with van der Waals surface area (Å²) in [5.41, 5.74) is -0.154. The molecule has 1 saturated heterocycles. The number of rotatable bonds is 2. The number of piperidine rings is 1. The van der Waals surface area contributed by atoms with Crippen LogP contribution in [0.15, 0.2) is 18.2 Å². The van der Waals surface area contributed by atoms with Crippen molar-refractivity contribution in [3.05, 3.63) is 23.8 Å². The van der Waals surface area contributed by atoms with Crippen LogP contribution in [-0.4, -0.2) is 28.0 Å². The number of carbonyl (C=O) groups is 3. The van der Waals surface area contributed by atoms with Crippen molar-refractivity contribution in [2.45, 2.75) is 19.3 Å². The lowest BCUT2D eigenvalue weighted by molar-refractivity contribution is -0.129. The van der Waals surface area contributed by atoms with Gasteiger partial charge < -0.3 is 10.2 Å². The summed E-state index contributed by atoms with van der Waals surface area (Å²) < 4.78 is 0. The van der Waals surface area contributed by atoms with Crippen LogP contribution in [0.2, 0.25) is 0 Å². The number of aromatic carboxylic acids is 1. The van der Waals surface area contributed by atoms with Crippen LogP contribution in [0.3, 0.4) is 0 Å². The molecule has 1 aromatic carbocycles. The molecule has 2 N–H and O–H groups in total. The van der Waals surface area contributed by atoms with Gasteiger partial charge in [-0.15, -0.1) is 0 Å². The molecule has 0 bridgehead atoms. The number of benzene rings is 1. The van der Waals surface area contributed by atoms with Crippen molar-refractivity contribution in [3.63, 3.8) is 0 Å². The van der Waals surface area contributed by atoms with Crippen LogP contribution < -0.4 is 4.90 Å². The SMILES string of the molecule is O=C(O)c1cc(N2C(=O)CCCC2=O)ccc1O. The first-order valence-electron chi connectivity index (χ1n) is 5.43. The fourth-order valence-electron chi connectivity index (χ4n) is 1.88. The van der Waals surface area contributed by atoms with E-state index in [0.717, 1.165) is 17.0 Å². The molecule has 18 heavy (non-hydrogen) atoms. The number of amides is 2. The molecule has 0 saturated carbocycles. The summed E-state index contributed by atoms with van der Waals surface area (Å²) in [5.74, 6) is -2.42. The number of aromatic hydroxyl groups is 1. The molecule has 2 amide bonds. The molecule has 1 aliphatic heterocycles. The molecular weight excluding hydrogens is 238 g/mol. The molecule has 0 radical (unpaired) electrons. The molecule has 1 aromatic rings. The Hall–Kier alpha value is -2.37. The lowest BCUT2D eigenvalue weighted by atomic mass is 10.1. The van der Waals surface area contributed by atoms with E-state index in [2.05, 4.69) is 0 Å². The molecule has 1 fully saturated rings. The van der Waals surface area contributed by atoms with Crippen molar-refractivity contribution in [3.8, 4) is 5.75 Å². The number of phenols is 1. The minimum Gasteiger partial charge on any atom is -0.507 e. The first-order chi connectivity index (χ1) is 8.50. The predicted molar refractivity (Wildman–Crippen MR) is 61.4 cm³/mol. The molecule has 0 aliphatic carbocycles. The van der Waals surface area contributed by atoms with Gasteiger partial charge in [0, 0.05) is 12.8 Å². The summed E-state index contributed by atoms with van der Waals surface area (Å²) in [6, 6.07) is 3.63. The van der Waals surface area contributed by atoms with E-state index in [-0.39, 0.29) is 35.9 Å². The second kappa shape index (κ2) is 4.48. The number of carboxylic acid groups (broad SMARTS) is 1. The van der Waals surface area contributed by atoms with Crippen LogP contribution in [-0.2, 0) is 9.59 Å². The first kappa shape index (κ1) is 12.1. The smallest absolute Gasteiger partial charge is 0.339 e. The molecule has 1 heterocycles. The number of anilines is 1. The van der Waals surface area contributed by atoms with Crippen molar-refractivity contribution >= 4 is 23.5 Å². The van der Waals surface area contributed by atoms with E-state index >= 15 is 0 Å². The zero-order chi connectivity index (χ0) is 13.3. The van der Waals surface area contributed by atoms with Gasteiger partial charge in [0.05, 0.1) is 5.69 Å². The minimum absolute atomic E-state index is 0.180. The number of imide groups is 1. The van der Waals surface area contributed by atoms with Crippen molar-refractivity contribution in [2.75, 3.05) is 4.90 Å². The van der Waals surface area contributed by atoms with E-state index in [0.29, 0.717) is 6.42 Å². The van der Waals surface area contributed by atoms with Crippen LogP contribution in [0.4, 0.5) is 5.69 Å². The Kier molecular flexibility index (Phi) is 3.01. The standard InChI is InChI=1S/C12H11NO5/c14-9-5-4-7(6-8(9)12(17)18)13-10(15)2-1-3-11(13)16/h4-6,14H,1-3H2,(H,17,18). The highest BCUT2D eigenvalue weighted by atomic mass is 16.4. The highest BCUT2D eigenvalue weighted by Gasteiger charge is 2.28. The molecule has 0 unspecified atom stereocenters. The second-order valence-corrected chi connectivity index (χ2v) is 3.98. The van der Waals surface area contributed by atoms with Crippen LogP contribution in [0.5, 0.6) is 5.75 Å².